The van der Waals surface area contributed by atoms with E-state index in [0.29, 0.717) is 11.6 Å². The van der Waals surface area contributed by atoms with Crippen molar-refractivity contribution in [1.29, 1.82) is 0 Å². The highest BCUT2D eigenvalue weighted by molar-refractivity contribution is 7.99. The second kappa shape index (κ2) is 5.63. The Hall–Kier alpha value is -2.34. The molecule has 0 radical (unpaired) electrons. The van der Waals surface area contributed by atoms with Crippen LogP contribution in [0.1, 0.15) is 31.9 Å². The van der Waals surface area contributed by atoms with E-state index < -0.39 is 0 Å². The highest BCUT2D eigenvalue weighted by Crippen LogP contribution is 2.29. The smallest absolute Gasteiger partial charge is 0.221 e. The van der Waals surface area contributed by atoms with Crippen LogP contribution in [-0.4, -0.2) is 26.3 Å². The number of fused-ring (bicyclic) bond motifs is 1. The molecule has 3 aromatic rings. The van der Waals surface area contributed by atoms with Crippen LogP contribution in [0.4, 0.5) is 0 Å². The minimum atomic E-state index is 0.148. The predicted molar refractivity (Wildman–Crippen MR) is 95.5 cm³/mol. The van der Waals surface area contributed by atoms with Gasteiger partial charge in [-0.05, 0) is 28.7 Å². The number of nitrogens with zero attached hydrogens (tertiary/aromatic N) is 4. The van der Waals surface area contributed by atoms with Gasteiger partial charge in [0.2, 0.25) is 11.0 Å². The Balaban J connectivity index is 1.71. The van der Waals surface area contributed by atoms with Crippen molar-refractivity contribution < 1.29 is 4.42 Å². The molecule has 0 spiro atoms. The van der Waals surface area contributed by atoms with Crippen LogP contribution >= 0.6 is 11.8 Å². The zero-order chi connectivity index (χ0) is 16.7. The summed E-state index contributed by atoms with van der Waals surface area (Å²) in [4.78, 5) is 0. The summed E-state index contributed by atoms with van der Waals surface area (Å²) in [5, 5.41) is 13.9. The molecule has 0 amide bonds. The molecule has 1 aliphatic heterocycles. The van der Waals surface area contributed by atoms with Crippen LogP contribution in [0.2, 0.25) is 0 Å². The van der Waals surface area contributed by atoms with Crippen LogP contribution < -0.4 is 0 Å². The van der Waals surface area contributed by atoms with Crippen molar-refractivity contribution in [3.8, 4) is 11.6 Å². The van der Waals surface area contributed by atoms with Crippen LogP contribution in [0.3, 0.4) is 0 Å². The maximum atomic E-state index is 5.44. The minimum Gasteiger partial charge on any atom is -0.461 e. The molecule has 1 aliphatic rings. The average molecular weight is 338 g/mol. The van der Waals surface area contributed by atoms with Gasteiger partial charge in [0.05, 0.1) is 12.0 Å². The lowest BCUT2D eigenvalue weighted by molar-refractivity contribution is 0.571. The summed E-state index contributed by atoms with van der Waals surface area (Å²) in [6.45, 7) is 6.65. The summed E-state index contributed by atoms with van der Waals surface area (Å²) in [5.41, 5.74) is 3.60. The summed E-state index contributed by atoms with van der Waals surface area (Å²) in [5.74, 6) is 2.08. The lowest BCUT2D eigenvalue weighted by Crippen LogP contribution is -2.15. The fraction of sp³-hybridized carbons (Fsp3) is 0.278. The Morgan fingerprint density at radius 3 is 2.54 bits per heavy atom. The van der Waals surface area contributed by atoms with Crippen molar-refractivity contribution in [2.45, 2.75) is 31.3 Å². The fourth-order valence-electron chi connectivity index (χ4n) is 2.59. The topological polar surface area (TPSA) is 56.2 Å². The molecule has 1 aromatic carbocycles. The Morgan fingerprint density at radius 1 is 1.08 bits per heavy atom. The zero-order valence-electron chi connectivity index (χ0n) is 13.9. The molecule has 6 heteroatoms. The highest BCUT2D eigenvalue weighted by Gasteiger charge is 2.22. The van der Waals surface area contributed by atoms with Gasteiger partial charge in [-0.1, -0.05) is 56.8 Å². The number of benzene rings is 1. The number of thioether (sulfide) groups is 1. The summed E-state index contributed by atoms with van der Waals surface area (Å²) >= 11 is 1.64. The Bertz CT molecular complexity index is 886. The molecule has 0 bridgehead atoms. The Morgan fingerprint density at radius 2 is 1.88 bits per heavy atom. The monoisotopic (exact) mass is 338 g/mol. The van der Waals surface area contributed by atoms with Gasteiger partial charge in [-0.2, -0.15) is 9.78 Å². The highest BCUT2D eigenvalue weighted by atomic mass is 32.2. The van der Waals surface area contributed by atoms with E-state index in [0.717, 1.165) is 22.2 Å². The second-order valence-corrected chi connectivity index (χ2v) is 7.70. The van der Waals surface area contributed by atoms with Gasteiger partial charge in [0, 0.05) is 5.75 Å². The third-order valence-electron chi connectivity index (χ3n) is 4.00. The van der Waals surface area contributed by atoms with Gasteiger partial charge in [0.25, 0.3) is 0 Å². The SMILES string of the molecule is CC(C)(C)c1ccc(C2=Nn3c(nnc3-c3ccco3)SC2)cc1. The Labute approximate surface area is 144 Å². The largest absolute Gasteiger partial charge is 0.461 e. The molecule has 2 aromatic heterocycles. The molecule has 0 saturated heterocycles. The normalized spacial score (nSPS) is 14.4. The second-order valence-electron chi connectivity index (χ2n) is 6.76. The molecular formula is C18H18N4OS. The number of aromatic nitrogens is 3. The van der Waals surface area contributed by atoms with Crippen LogP contribution in [0.25, 0.3) is 11.6 Å². The van der Waals surface area contributed by atoms with Gasteiger partial charge in [0.15, 0.2) is 5.76 Å². The first-order valence-electron chi connectivity index (χ1n) is 7.83. The summed E-state index contributed by atoms with van der Waals surface area (Å²) in [7, 11) is 0. The predicted octanol–water partition coefficient (Wildman–Crippen LogP) is 4.19. The molecule has 24 heavy (non-hydrogen) atoms. The molecule has 0 atom stereocenters. The zero-order valence-corrected chi connectivity index (χ0v) is 14.7. The molecular weight excluding hydrogens is 320 g/mol. The molecule has 122 valence electrons. The third-order valence-corrected chi connectivity index (χ3v) is 4.93. The summed E-state index contributed by atoms with van der Waals surface area (Å²) in [6.07, 6.45) is 1.63. The van der Waals surface area contributed by atoms with Crippen LogP contribution in [0.5, 0.6) is 0 Å². The molecule has 0 saturated carbocycles. The van der Waals surface area contributed by atoms with E-state index in [2.05, 4.69) is 55.2 Å². The van der Waals surface area contributed by atoms with Crippen molar-refractivity contribution >= 4 is 17.5 Å². The summed E-state index contributed by atoms with van der Waals surface area (Å²) in [6, 6.07) is 12.3. The quantitative estimate of drug-likeness (QED) is 0.703. The summed E-state index contributed by atoms with van der Waals surface area (Å²) < 4.78 is 7.20. The fourth-order valence-corrected chi connectivity index (χ4v) is 3.43. The van der Waals surface area contributed by atoms with E-state index >= 15 is 0 Å². The molecule has 4 rings (SSSR count). The molecule has 0 unspecified atom stereocenters. The van der Waals surface area contributed by atoms with E-state index in [1.807, 2.05) is 12.1 Å². The number of furan rings is 1. The van der Waals surface area contributed by atoms with E-state index in [9.17, 15) is 0 Å². The molecule has 5 nitrogen and oxygen atoms in total. The van der Waals surface area contributed by atoms with Crippen molar-refractivity contribution in [2.75, 3.05) is 5.75 Å². The third kappa shape index (κ3) is 2.67. The van der Waals surface area contributed by atoms with Crippen LogP contribution in [0.15, 0.2) is 57.3 Å². The molecule has 0 N–H and O–H groups in total. The first kappa shape index (κ1) is 15.2. The maximum Gasteiger partial charge on any atom is 0.221 e. The molecule has 0 fully saturated rings. The Kier molecular flexibility index (Phi) is 3.57. The average Bonchev–Trinajstić information content (AvgIpc) is 3.22. The van der Waals surface area contributed by atoms with Gasteiger partial charge >= 0.3 is 0 Å². The van der Waals surface area contributed by atoms with E-state index in [1.54, 1.807) is 22.7 Å². The lowest BCUT2D eigenvalue weighted by atomic mass is 9.86. The van der Waals surface area contributed by atoms with Crippen molar-refractivity contribution in [3.05, 3.63) is 53.8 Å². The molecule has 0 aliphatic carbocycles. The van der Waals surface area contributed by atoms with Crippen LogP contribution in [0, 0.1) is 0 Å². The van der Waals surface area contributed by atoms with E-state index in [1.165, 1.54) is 5.56 Å². The first-order valence-corrected chi connectivity index (χ1v) is 8.82. The van der Waals surface area contributed by atoms with Gasteiger partial charge in [-0.15, -0.1) is 10.2 Å². The van der Waals surface area contributed by atoms with Crippen molar-refractivity contribution in [1.82, 2.24) is 14.9 Å². The van der Waals surface area contributed by atoms with E-state index in [4.69, 9.17) is 9.52 Å². The number of rotatable bonds is 2. The lowest BCUT2D eigenvalue weighted by Gasteiger charge is -2.20. The first-order chi connectivity index (χ1) is 11.5. The molecule has 3 heterocycles. The van der Waals surface area contributed by atoms with E-state index in [-0.39, 0.29) is 5.41 Å². The van der Waals surface area contributed by atoms with Crippen molar-refractivity contribution in [2.24, 2.45) is 5.10 Å². The van der Waals surface area contributed by atoms with Gasteiger partial charge in [0.1, 0.15) is 0 Å². The maximum absolute atomic E-state index is 5.44. The standard InChI is InChI=1S/C18H18N4OS/c1-18(2,3)13-8-6-12(7-9-13)14-11-24-17-20-19-16(22(17)21-14)15-5-4-10-23-15/h4-10H,11H2,1-3H3. The number of hydrogen-bond donors (Lipinski definition) is 0. The minimum absolute atomic E-state index is 0.148. The van der Waals surface area contributed by atoms with Crippen LogP contribution in [-0.2, 0) is 5.41 Å². The van der Waals surface area contributed by atoms with Gasteiger partial charge < -0.3 is 4.42 Å². The number of hydrogen-bond acceptors (Lipinski definition) is 5. The van der Waals surface area contributed by atoms with Crippen molar-refractivity contribution in [3.63, 3.8) is 0 Å². The van der Waals surface area contributed by atoms with Gasteiger partial charge in [-0.3, -0.25) is 0 Å². The van der Waals surface area contributed by atoms with Gasteiger partial charge in [-0.25, -0.2) is 0 Å².